The van der Waals surface area contributed by atoms with Crippen LogP contribution in [0.5, 0.6) is 0 Å². The molecule has 0 saturated carbocycles. The zero-order chi connectivity index (χ0) is 12.8. The fraction of sp³-hybridized carbons (Fsp3) is 0.600. The van der Waals surface area contributed by atoms with Crippen LogP contribution in [0, 0.1) is 6.92 Å². The number of thiocarbonyl (C=S) groups is 1. The highest BCUT2D eigenvalue weighted by molar-refractivity contribution is 7.80. The van der Waals surface area contributed by atoms with Crippen LogP contribution in [0.4, 0.5) is 5.82 Å². The van der Waals surface area contributed by atoms with E-state index >= 15 is 0 Å². The maximum atomic E-state index is 5.91. The molecule has 0 amide bonds. The largest absolute Gasteiger partial charge is 0.427 e. The van der Waals surface area contributed by atoms with Crippen LogP contribution in [-0.2, 0) is 0 Å². The van der Waals surface area contributed by atoms with E-state index in [9.17, 15) is 0 Å². The minimum atomic E-state index is 0.337. The molecule has 0 radical (unpaired) electrons. The molecule has 17 heavy (non-hydrogen) atoms. The molecule has 96 valence electrons. The van der Waals surface area contributed by atoms with Crippen LogP contribution in [0.15, 0.2) is 4.42 Å². The highest BCUT2D eigenvalue weighted by atomic mass is 35.5. The highest BCUT2D eigenvalue weighted by Crippen LogP contribution is 2.24. The Morgan fingerprint density at radius 2 is 2.29 bits per heavy atom. The minimum Gasteiger partial charge on any atom is -0.427 e. The predicted molar refractivity (Wildman–Crippen MR) is 73.8 cm³/mol. The first-order valence-electron chi connectivity index (χ1n) is 5.34. The molecule has 0 aliphatic rings. The zero-order valence-corrected chi connectivity index (χ0v) is 11.8. The van der Waals surface area contributed by atoms with Gasteiger partial charge in [-0.2, -0.15) is 4.98 Å². The first-order valence-corrected chi connectivity index (χ1v) is 6.13. The normalized spacial score (nSPS) is 10.1. The van der Waals surface area contributed by atoms with Gasteiger partial charge < -0.3 is 20.0 Å². The Labute approximate surface area is 112 Å². The lowest BCUT2D eigenvalue weighted by Gasteiger charge is -2.16. The number of hydrogen-bond acceptors (Lipinski definition) is 4. The molecule has 0 unspecified atom stereocenters. The Morgan fingerprint density at radius 3 is 2.82 bits per heavy atom. The van der Waals surface area contributed by atoms with Gasteiger partial charge in [0, 0.05) is 34.1 Å². The first-order chi connectivity index (χ1) is 8.04. The third kappa shape index (κ3) is 4.40. The van der Waals surface area contributed by atoms with E-state index in [2.05, 4.69) is 15.6 Å². The monoisotopic (exact) mass is 276 g/mol. The molecule has 0 aliphatic heterocycles. The average Bonchev–Trinajstić information content (AvgIpc) is 2.63. The predicted octanol–water partition coefficient (Wildman–Crippen LogP) is 1.56. The summed E-state index contributed by atoms with van der Waals surface area (Å²) in [7, 11) is 3.72. The van der Waals surface area contributed by atoms with Crippen molar-refractivity contribution in [1.29, 1.82) is 0 Å². The lowest BCUT2D eigenvalue weighted by molar-refractivity contribution is 0.523. The van der Waals surface area contributed by atoms with Gasteiger partial charge in [0.25, 0.3) is 0 Å². The van der Waals surface area contributed by atoms with Crippen LogP contribution in [0.3, 0.4) is 0 Å². The Morgan fingerprint density at radius 1 is 1.59 bits per heavy atom. The van der Waals surface area contributed by atoms with Gasteiger partial charge in [-0.05, 0) is 30.2 Å². The number of hydrogen-bond donors (Lipinski definition) is 2. The van der Waals surface area contributed by atoms with Gasteiger partial charge in [0.2, 0.25) is 5.22 Å². The van der Waals surface area contributed by atoms with Gasteiger partial charge in [0.15, 0.2) is 16.8 Å². The lowest BCUT2D eigenvalue weighted by Crippen LogP contribution is -2.34. The minimum absolute atomic E-state index is 0.337. The zero-order valence-electron chi connectivity index (χ0n) is 10.2. The van der Waals surface area contributed by atoms with Crippen LogP contribution >= 0.6 is 23.8 Å². The van der Waals surface area contributed by atoms with Crippen molar-refractivity contribution >= 4 is 34.7 Å². The van der Waals surface area contributed by atoms with Crippen molar-refractivity contribution in [2.45, 2.75) is 13.3 Å². The van der Waals surface area contributed by atoms with E-state index < -0.39 is 0 Å². The van der Waals surface area contributed by atoms with Gasteiger partial charge in [-0.3, -0.25) is 0 Å². The summed E-state index contributed by atoms with van der Waals surface area (Å²) >= 11 is 10.9. The van der Waals surface area contributed by atoms with Crippen molar-refractivity contribution < 1.29 is 4.42 Å². The number of aryl methyl sites for hydroxylation is 1. The Hall–Kier alpha value is -1.01. The van der Waals surface area contributed by atoms with Crippen molar-refractivity contribution in [1.82, 2.24) is 15.6 Å². The molecule has 5 nitrogen and oxygen atoms in total. The van der Waals surface area contributed by atoms with Gasteiger partial charge in [0.1, 0.15) is 0 Å². The smallest absolute Gasteiger partial charge is 0.238 e. The second kappa shape index (κ2) is 6.66. The molecule has 1 heterocycles. The SMILES string of the molecule is CNC(=S)NCCCN(C)c1nc(C)oc1Cl. The third-order valence-corrected chi connectivity index (χ3v) is 2.82. The van der Waals surface area contributed by atoms with Gasteiger partial charge in [-0.1, -0.05) is 0 Å². The van der Waals surface area contributed by atoms with Crippen molar-refractivity contribution in [3.8, 4) is 0 Å². The molecular weight excluding hydrogens is 260 g/mol. The van der Waals surface area contributed by atoms with Gasteiger partial charge in [-0.15, -0.1) is 0 Å². The standard InChI is InChI=1S/C10H17ClN4OS/c1-7-14-9(8(11)16-7)15(3)6-4-5-13-10(17)12-2/h4-6H2,1-3H3,(H2,12,13,17). The Balaban J connectivity index is 2.32. The second-order valence-corrected chi connectivity index (χ2v) is 4.36. The molecule has 1 aromatic heterocycles. The highest BCUT2D eigenvalue weighted by Gasteiger charge is 2.12. The molecule has 0 aliphatic carbocycles. The quantitative estimate of drug-likeness (QED) is 0.629. The number of anilines is 1. The fourth-order valence-corrected chi connectivity index (χ4v) is 1.74. The van der Waals surface area contributed by atoms with E-state index in [1.807, 2.05) is 11.9 Å². The van der Waals surface area contributed by atoms with E-state index in [1.54, 1.807) is 14.0 Å². The number of aromatic nitrogens is 1. The average molecular weight is 277 g/mol. The summed E-state index contributed by atoms with van der Waals surface area (Å²) in [4.78, 5) is 6.17. The molecule has 7 heteroatoms. The third-order valence-electron chi connectivity index (χ3n) is 2.22. The van der Waals surface area contributed by atoms with Crippen LogP contribution in [-0.4, -0.2) is 37.3 Å². The molecule has 1 aromatic rings. The summed E-state index contributed by atoms with van der Waals surface area (Å²) in [5.74, 6) is 1.26. The number of rotatable bonds is 5. The summed E-state index contributed by atoms with van der Waals surface area (Å²) < 4.78 is 5.16. The van der Waals surface area contributed by atoms with Gasteiger partial charge in [-0.25, -0.2) is 0 Å². The molecule has 1 rings (SSSR count). The summed E-state index contributed by atoms with van der Waals surface area (Å²) in [5, 5.41) is 6.92. The van der Waals surface area contributed by atoms with Gasteiger partial charge >= 0.3 is 0 Å². The van der Waals surface area contributed by atoms with E-state index in [0.29, 0.717) is 22.0 Å². The number of nitrogens with zero attached hydrogens (tertiary/aromatic N) is 2. The fourth-order valence-electron chi connectivity index (χ4n) is 1.34. The van der Waals surface area contributed by atoms with Crippen LogP contribution < -0.4 is 15.5 Å². The molecule has 0 bridgehead atoms. The molecule has 0 fully saturated rings. The Kier molecular flexibility index (Phi) is 5.50. The molecule has 0 aromatic carbocycles. The maximum absolute atomic E-state index is 5.91. The number of oxazole rings is 1. The topological polar surface area (TPSA) is 53.3 Å². The maximum Gasteiger partial charge on any atom is 0.238 e. The van der Waals surface area contributed by atoms with E-state index in [1.165, 1.54) is 0 Å². The van der Waals surface area contributed by atoms with Crippen molar-refractivity contribution in [2.24, 2.45) is 0 Å². The van der Waals surface area contributed by atoms with Crippen molar-refractivity contribution in [2.75, 3.05) is 32.1 Å². The molecule has 0 spiro atoms. The van der Waals surface area contributed by atoms with Crippen LogP contribution in [0.25, 0.3) is 0 Å². The molecular formula is C10H17ClN4OS. The van der Waals surface area contributed by atoms with Crippen molar-refractivity contribution in [3.63, 3.8) is 0 Å². The van der Waals surface area contributed by atoms with Crippen LogP contribution in [0.2, 0.25) is 5.22 Å². The van der Waals surface area contributed by atoms with Crippen LogP contribution in [0.1, 0.15) is 12.3 Å². The van der Waals surface area contributed by atoms with E-state index in [-0.39, 0.29) is 0 Å². The molecule has 0 saturated heterocycles. The van der Waals surface area contributed by atoms with Crippen molar-refractivity contribution in [3.05, 3.63) is 11.1 Å². The van der Waals surface area contributed by atoms with Gasteiger partial charge in [0.05, 0.1) is 0 Å². The lowest BCUT2D eigenvalue weighted by atomic mass is 10.4. The summed E-state index contributed by atoms with van der Waals surface area (Å²) in [6.07, 6.45) is 0.931. The first kappa shape index (κ1) is 14.1. The number of halogens is 1. The van der Waals surface area contributed by atoms with E-state index in [0.717, 1.165) is 19.5 Å². The molecule has 0 atom stereocenters. The number of nitrogens with one attached hydrogen (secondary N) is 2. The summed E-state index contributed by atoms with van der Waals surface area (Å²) in [5.41, 5.74) is 0. The van der Waals surface area contributed by atoms with E-state index in [4.69, 9.17) is 28.2 Å². The Bertz CT molecular complexity index is 382. The molecule has 2 N–H and O–H groups in total. The summed E-state index contributed by atoms with van der Waals surface area (Å²) in [6.45, 7) is 3.40. The summed E-state index contributed by atoms with van der Waals surface area (Å²) in [6, 6.07) is 0. The second-order valence-electron chi connectivity index (χ2n) is 3.61.